The number of carboxylic acid groups (broad SMARTS) is 1. The smallest absolute Gasteiger partial charge is 0.407 e. The van der Waals surface area contributed by atoms with Gasteiger partial charge in [0.15, 0.2) is 0 Å². The summed E-state index contributed by atoms with van der Waals surface area (Å²) in [6, 6.07) is 15.4. The van der Waals surface area contributed by atoms with Gasteiger partial charge in [0, 0.05) is 17.9 Å². The third-order valence-electron chi connectivity index (χ3n) is 6.49. The molecular formula is C25H28N2O5. The second-order valence-corrected chi connectivity index (χ2v) is 8.59. The minimum absolute atomic E-state index is 0.0174. The molecule has 1 atom stereocenters. The lowest BCUT2D eigenvalue weighted by Gasteiger charge is -2.28. The Morgan fingerprint density at radius 3 is 2.09 bits per heavy atom. The molecule has 168 valence electrons. The number of benzene rings is 2. The molecule has 4 rings (SSSR count). The highest BCUT2D eigenvalue weighted by molar-refractivity contribution is 5.84. The number of amides is 2. The van der Waals surface area contributed by atoms with E-state index in [0.717, 1.165) is 0 Å². The van der Waals surface area contributed by atoms with Crippen LogP contribution in [0.1, 0.15) is 49.7 Å². The Hall–Kier alpha value is -3.35. The summed E-state index contributed by atoms with van der Waals surface area (Å²) < 4.78 is 5.60. The Bertz CT molecular complexity index is 967. The van der Waals surface area contributed by atoms with Crippen molar-refractivity contribution >= 4 is 18.0 Å². The highest BCUT2D eigenvalue weighted by Gasteiger charge is 2.31. The number of alkyl carbamates (subject to hydrolysis) is 1. The van der Waals surface area contributed by atoms with Crippen molar-refractivity contribution in [3.8, 4) is 11.1 Å². The van der Waals surface area contributed by atoms with E-state index in [2.05, 4.69) is 34.9 Å². The molecule has 7 heteroatoms. The van der Waals surface area contributed by atoms with E-state index in [4.69, 9.17) is 9.84 Å². The van der Waals surface area contributed by atoms with Gasteiger partial charge in [0.05, 0.1) is 0 Å². The van der Waals surface area contributed by atoms with Crippen LogP contribution in [-0.2, 0) is 14.3 Å². The number of rotatable bonds is 6. The maximum absolute atomic E-state index is 12.4. The quantitative estimate of drug-likeness (QED) is 0.641. The molecule has 1 saturated carbocycles. The Morgan fingerprint density at radius 2 is 1.53 bits per heavy atom. The van der Waals surface area contributed by atoms with Crippen molar-refractivity contribution in [3.63, 3.8) is 0 Å². The summed E-state index contributed by atoms with van der Waals surface area (Å²) in [5.74, 6) is -1.50. The summed E-state index contributed by atoms with van der Waals surface area (Å²) in [4.78, 5) is 35.6. The van der Waals surface area contributed by atoms with Gasteiger partial charge in [0.1, 0.15) is 12.6 Å². The predicted molar refractivity (Wildman–Crippen MR) is 119 cm³/mol. The molecule has 2 aromatic rings. The second-order valence-electron chi connectivity index (χ2n) is 8.59. The number of ether oxygens (including phenoxy) is 1. The number of carbonyl (C=O) groups excluding carboxylic acids is 2. The van der Waals surface area contributed by atoms with Crippen molar-refractivity contribution in [2.24, 2.45) is 5.92 Å². The standard InChI is InChI=1S/C25H28N2O5/c1-15(24(29)30)26-23(28)16-10-12-17(13-11-16)27-25(31)32-14-22-20-8-4-2-6-18(20)19-7-3-5-9-21(19)22/h2-9,15-17,22H,10-14H2,1H3,(H,26,28)(H,27,31)(H,29,30)/t15-,16?,17?/m1/s1. The van der Waals surface area contributed by atoms with Gasteiger partial charge in [0.25, 0.3) is 0 Å². The minimum Gasteiger partial charge on any atom is -0.480 e. The average Bonchev–Trinajstić information content (AvgIpc) is 3.12. The third kappa shape index (κ3) is 4.61. The van der Waals surface area contributed by atoms with Crippen LogP contribution in [0.2, 0.25) is 0 Å². The summed E-state index contributed by atoms with van der Waals surface area (Å²) in [5.41, 5.74) is 4.71. The second kappa shape index (κ2) is 9.42. The summed E-state index contributed by atoms with van der Waals surface area (Å²) in [7, 11) is 0. The number of hydrogen-bond acceptors (Lipinski definition) is 4. The lowest BCUT2D eigenvalue weighted by atomic mass is 9.85. The van der Waals surface area contributed by atoms with Crippen molar-refractivity contribution < 1.29 is 24.2 Å². The van der Waals surface area contributed by atoms with Gasteiger partial charge in [-0.25, -0.2) is 4.79 Å². The van der Waals surface area contributed by atoms with Gasteiger partial charge in [-0.3, -0.25) is 9.59 Å². The molecule has 0 unspecified atom stereocenters. The van der Waals surface area contributed by atoms with E-state index in [1.807, 2.05) is 24.3 Å². The topological polar surface area (TPSA) is 105 Å². The Morgan fingerprint density at radius 1 is 0.969 bits per heavy atom. The van der Waals surface area contributed by atoms with Crippen molar-refractivity contribution in [2.45, 2.75) is 50.6 Å². The summed E-state index contributed by atoms with van der Waals surface area (Å²) in [5, 5.41) is 14.4. The van der Waals surface area contributed by atoms with Crippen LogP contribution in [0.25, 0.3) is 11.1 Å². The number of nitrogens with one attached hydrogen (secondary N) is 2. The first-order valence-corrected chi connectivity index (χ1v) is 11.1. The fourth-order valence-electron chi connectivity index (χ4n) is 4.70. The highest BCUT2D eigenvalue weighted by atomic mass is 16.5. The SMILES string of the molecule is C[C@@H](NC(=O)C1CCC(NC(=O)OCC2c3ccccc3-c3ccccc32)CC1)C(=O)O. The zero-order valence-corrected chi connectivity index (χ0v) is 18.0. The number of fused-ring (bicyclic) bond motifs is 3. The molecule has 32 heavy (non-hydrogen) atoms. The number of carboxylic acids is 1. The molecule has 2 aliphatic carbocycles. The molecular weight excluding hydrogens is 408 g/mol. The average molecular weight is 437 g/mol. The molecule has 2 amide bonds. The Balaban J connectivity index is 1.27. The molecule has 0 saturated heterocycles. The van der Waals surface area contributed by atoms with E-state index in [9.17, 15) is 14.4 Å². The van der Waals surface area contributed by atoms with Crippen LogP contribution >= 0.6 is 0 Å². The van der Waals surface area contributed by atoms with Crippen LogP contribution in [-0.4, -0.2) is 41.8 Å². The van der Waals surface area contributed by atoms with Gasteiger partial charge < -0.3 is 20.5 Å². The molecule has 0 aromatic heterocycles. The van der Waals surface area contributed by atoms with Crippen LogP contribution in [0.3, 0.4) is 0 Å². The molecule has 3 N–H and O–H groups in total. The van der Waals surface area contributed by atoms with Crippen molar-refractivity contribution in [3.05, 3.63) is 59.7 Å². The number of carbonyl (C=O) groups is 3. The maximum atomic E-state index is 12.4. The molecule has 2 aliphatic rings. The zero-order valence-electron chi connectivity index (χ0n) is 18.0. The highest BCUT2D eigenvalue weighted by Crippen LogP contribution is 2.44. The first kappa shape index (κ1) is 21.9. The largest absolute Gasteiger partial charge is 0.480 e. The van der Waals surface area contributed by atoms with E-state index >= 15 is 0 Å². The van der Waals surface area contributed by atoms with Crippen LogP contribution in [0.5, 0.6) is 0 Å². The van der Waals surface area contributed by atoms with E-state index in [-0.39, 0.29) is 30.4 Å². The summed E-state index contributed by atoms with van der Waals surface area (Å²) >= 11 is 0. The molecule has 7 nitrogen and oxygen atoms in total. The van der Waals surface area contributed by atoms with Crippen LogP contribution in [0, 0.1) is 5.92 Å². The van der Waals surface area contributed by atoms with E-state index in [1.54, 1.807) is 0 Å². The van der Waals surface area contributed by atoms with Crippen LogP contribution < -0.4 is 10.6 Å². The van der Waals surface area contributed by atoms with Crippen molar-refractivity contribution in [1.82, 2.24) is 10.6 Å². The Labute approximate surface area is 187 Å². The normalized spacial score (nSPS) is 20.5. The lowest BCUT2D eigenvalue weighted by molar-refractivity contribution is -0.142. The maximum Gasteiger partial charge on any atom is 0.407 e. The van der Waals surface area contributed by atoms with Gasteiger partial charge in [0.2, 0.25) is 5.91 Å². The van der Waals surface area contributed by atoms with Crippen molar-refractivity contribution in [1.29, 1.82) is 0 Å². The number of aliphatic carboxylic acids is 1. The molecule has 0 heterocycles. The monoisotopic (exact) mass is 436 g/mol. The minimum atomic E-state index is -1.05. The zero-order chi connectivity index (χ0) is 22.7. The molecule has 0 aliphatic heterocycles. The van der Waals surface area contributed by atoms with Gasteiger partial charge in [-0.05, 0) is 54.9 Å². The van der Waals surface area contributed by atoms with Crippen molar-refractivity contribution in [2.75, 3.05) is 6.61 Å². The molecule has 0 radical (unpaired) electrons. The molecule has 1 fully saturated rings. The van der Waals surface area contributed by atoms with Gasteiger partial charge in [-0.15, -0.1) is 0 Å². The molecule has 0 spiro atoms. The van der Waals surface area contributed by atoms with E-state index in [1.165, 1.54) is 29.2 Å². The van der Waals surface area contributed by atoms with Gasteiger partial charge in [-0.1, -0.05) is 48.5 Å². The molecule has 2 aromatic carbocycles. The van der Waals surface area contributed by atoms with Gasteiger partial charge >= 0.3 is 12.1 Å². The fourth-order valence-corrected chi connectivity index (χ4v) is 4.70. The van der Waals surface area contributed by atoms with E-state index in [0.29, 0.717) is 25.7 Å². The van der Waals surface area contributed by atoms with E-state index < -0.39 is 18.1 Å². The fraction of sp³-hybridized carbons (Fsp3) is 0.400. The first-order chi connectivity index (χ1) is 15.4. The van der Waals surface area contributed by atoms with Gasteiger partial charge in [-0.2, -0.15) is 0 Å². The molecule has 0 bridgehead atoms. The predicted octanol–water partition coefficient (Wildman–Crippen LogP) is 3.67. The lowest BCUT2D eigenvalue weighted by Crippen LogP contribution is -2.45. The Kier molecular flexibility index (Phi) is 6.44. The summed E-state index contributed by atoms with van der Waals surface area (Å²) in [6.07, 6.45) is 2.08. The van der Waals surface area contributed by atoms with Crippen LogP contribution in [0.4, 0.5) is 4.79 Å². The number of hydrogen-bond donors (Lipinski definition) is 3. The summed E-state index contributed by atoms with van der Waals surface area (Å²) in [6.45, 7) is 1.72. The van der Waals surface area contributed by atoms with Crippen LogP contribution in [0.15, 0.2) is 48.5 Å². The first-order valence-electron chi connectivity index (χ1n) is 11.1. The third-order valence-corrected chi connectivity index (χ3v) is 6.49.